The molecule has 0 bridgehead atoms. The molecule has 8 heteroatoms. The van der Waals surface area contributed by atoms with Crippen molar-refractivity contribution < 1.29 is 9.90 Å². The predicted molar refractivity (Wildman–Crippen MR) is 74.4 cm³/mol. The molecule has 0 aliphatic rings. The minimum Gasteiger partial charge on any atom is -0.494 e. The van der Waals surface area contributed by atoms with Gasteiger partial charge < -0.3 is 9.67 Å². The highest BCUT2D eigenvalue weighted by molar-refractivity contribution is 5.97. The Morgan fingerprint density at radius 3 is 2.62 bits per heavy atom. The first-order valence-corrected chi connectivity index (χ1v) is 6.41. The Balaban J connectivity index is 2.20. The minimum absolute atomic E-state index is 0.0964. The minimum atomic E-state index is -0.775. The monoisotopic (exact) mass is 292 g/mol. The fourth-order valence-electron chi connectivity index (χ4n) is 2.04. The number of aryl methyl sites for hydroxylation is 1. The Labute approximate surface area is 119 Å². The van der Waals surface area contributed by atoms with Crippen molar-refractivity contribution in [3.05, 3.63) is 45.1 Å². The third kappa shape index (κ3) is 2.78. The molecule has 0 unspecified atom stereocenters. The highest BCUT2D eigenvalue weighted by Gasteiger charge is 2.21. The fourth-order valence-corrected chi connectivity index (χ4v) is 2.04. The van der Waals surface area contributed by atoms with Gasteiger partial charge in [-0.3, -0.25) is 18.7 Å². The van der Waals surface area contributed by atoms with E-state index in [0.29, 0.717) is 13.0 Å². The summed E-state index contributed by atoms with van der Waals surface area (Å²) < 4.78 is 3.50. The van der Waals surface area contributed by atoms with Crippen LogP contribution in [0.4, 0.5) is 0 Å². The summed E-state index contributed by atoms with van der Waals surface area (Å²) in [4.78, 5) is 39.6. The fraction of sp³-hybridized carbons (Fsp3) is 0.385. The standard InChI is InChI=1S/C13H16N4O4/c1-15-11(19)10(12(20)16(2)13(15)21)9(18)4-3-6-17-7-5-14-8-17/h5,7-8,19H,3-4,6H2,1-2H3. The maximum absolute atomic E-state index is 12.1. The summed E-state index contributed by atoms with van der Waals surface area (Å²) in [5.74, 6) is -1.07. The lowest BCUT2D eigenvalue weighted by atomic mass is 10.1. The molecule has 112 valence electrons. The number of hydrogen-bond donors (Lipinski definition) is 1. The number of Topliss-reactive ketones (excluding diaryl/α,β-unsaturated/α-hetero) is 1. The van der Waals surface area contributed by atoms with E-state index >= 15 is 0 Å². The zero-order valence-electron chi connectivity index (χ0n) is 11.8. The van der Waals surface area contributed by atoms with E-state index < -0.39 is 22.9 Å². The van der Waals surface area contributed by atoms with Gasteiger partial charge in [0.15, 0.2) is 5.78 Å². The lowest BCUT2D eigenvalue weighted by Gasteiger charge is -2.09. The van der Waals surface area contributed by atoms with E-state index in [2.05, 4.69) is 4.98 Å². The van der Waals surface area contributed by atoms with Crippen molar-refractivity contribution in [2.75, 3.05) is 0 Å². The molecule has 0 radical (unpaired) electrons. The van der Waals surface area contributed by atoms with Crippen LogP contribution in [0.1, 0.15) is 23.2 Å². The summed E-state index contributed by atoms with van der Waals surface area (Å²) in [6.07, 6.45) is 5.64. The van der Waals surface area contributed by atoms with Gasteiger partial charge in [0.2, 0.25) is 5.88 Å². The van der Waals surface area contributed by atoms with Crippen molar-refractivity contribution in [3.8, 4) is 5.88 Å². The maximum atomic E-state index is 12.1. The number of carbonyl (C=O) groups is 1. The van der Waals surface area contributed by atoms with Gasteiger partial charge in [0.25, 0.3) is 5.56 Å². The number of ketones is 1. The molecule has 0 fully saturated rings. The number of hydrogen-bond acceptors (Lipinski definition) is 5. The van der Waals surface area contributed by atoms with Crippen molar-refractivity contribution in [1.82, 2.24) is 18.7 Å². The maximum Gasteiger partial charge on any atom is 0.333 e. The summed E-state index contributed by atoms with van der Waals surface area (Å²) in [5, 5.41) is 9.85. The second-order valence-corrected chi connectivity index (χ2v) is 4.73. The van der Waals surface area contributed by atoms with E-state index in [1.54, 1.807) is 18.7 Å². The molecule has 2 rings (SSSR count). The molecule has 0 saturated carbocycles. The summed E-state index contributed by atoms with van der Waals surface area (Å²) in [6, 6.07) is 0. The molecule has 0 atom stereocenters. The van der Waals surface area contributed by atoms with Crippen molar-refractivity contribution in [1.29, 1.82) is 0 Å². The molecular weight excluding hydrogens is 276 g/mol. The van der Waals surface area contributed by atoms with Crippen LogP contribution in [0.15, 0.2) is 28.3 Å². The second-order valence-electron chi connectivity index (χ2n) is 4.73. The van der Waals surface area contributed by atoms with Gasteiger partial charge in [-0.05, 0) is 6.42 Å². The summed E-state index contributed by atoms with van der Waals surface area (Å²) in [5.41, 5.74) is -1.79. The van der Waals surface area contributed by atoms with E-state index in [9.17, 15) is 19.5 Å². The number of carbonyl (C=O) groups excluding carboxylic acids is 1. The summed E-state index contributed by atoms with van der Waals surface area (Å²) in [6.45, 7) is 0.582. The van der Waals surface area contributed by atoms with Crippen LogP contribution in [-0.2, 0) is 20.6 Å². The van der Waals surface area contributed by atoms with Crippen molar-refractivity contribution in [2.45, 2.75) is 19.4 Å². The first-order valence-electron chi connectivity index (χ1n) is 6.41. The van der Waals surface area contributed by atoms with Crippen LogP contribution < -0.4 is 11.2 Å². The molecule has 0 aromatic carbocycles. The molecule has 0 aliphatic heterocycles. The Morgan fingerprint density at radius 2 is 2.00 bits per heavy atom. The molecule has 1 N–H and O–H groups in total. The van der Waals surface area contributed by atoms with Gasteiger partial charge in [-0.15, -0.1) is 0 Å². The lowest BCUT2D eigenvalue weighted by Crippen LogP contribution is -2.39. The number of aromatic nitrogens is 4. The molecule has 21 heavy (non-hydrogen) atoms. The SMILES string of the molecule is Cn1c(O)c(C(=O)CCCn2ccnc2)c(=O)n(C)c1=O. The predicted octanol–water partition coefficient (Wildman–Crippen LogP) is -0.351. The van der Waals surface area contributed by atoms with Crippen LogP contribution >= 0.6 is 0 Å². The van der Waals surface area contributed by atoms with E-state index in [4.69, 9.17) is 0 Å². The van der Waals surface area contributed by atoms with Gasteiger partial charge in [-0.1, -0.05) is 0 Å². The lowest BCUT2D eigenvalue weighted by molar-refractivity contribution is 0.0971. The molecule has 2 heterocycles. The van der Waals surface area contributed by atoms with Crippen molar-refractivity contribution in [2.24, 2.45) is 14.1 Å². The van der Waals surface area contributed by atoms with Gasteiger partial charge in [0.05, 0.1) is 6.33 Å². The third-order valence-corrected chi connectivity index (χ3v) is 3.29. The second kappa shape index (κ2) is 5.78. The molecule has 8 nitrogen and oxygen atoms in total. The van der Waals surface area contributed by atoms with Gasteiger partial charge in [-0.2, -0.15) is 0 Å². The molecule has 0 amide bonds. The largest absolute Gasteiger partial charge is 0.494 e. The van der Waals surface area contributed by atoms with E-state index in [1.807, 2.05) is 4.57 Å². The Bertz CT molecular complexity index is 771. The van der Waals surface area contributed by atoms with E-state index in [1.165, 1.54) is 14.1 Å². The van der Waals surface area contributed by atoms with Gasteiger partial charge >= 0.3 is 5.69 Å². The Hall–Kier alpha value is -2.64. The topological polar surface area (TPSA) is 99.1 Å². The number of aromatic hydroxyl groups is 1. The van der Waals surface area contributed by atoms with Gasteiger partial charge in [-0.25, -0.2) is 9.78 Å². The zero-order chi connectivity index (χ0) is 15.6. The van der Waals surface area contributed by atoms with Crippen LogP contribution in [0.3, 0.4) is 0 Å². The first-order chi connectivity index (χ1) is 9.93. The molecule has 0 saturated heterocycles. The van der Waals surface area contributed by atoms with Crippen LogP contribution in [0.5, 0.6) is 5.88 Å². The van der Waals surface area contributed by atoms with E-state index in [-0.39, 0.29) is 12.0 Å². The number of imidazole rings is 1. The van der Waals surface area contributed by atoms with E-state index in [0.717, 1.165) is 9.13 Å². The Kier molecular flexibility index (Phi) is 4.06. The molecule has 0 aliphatic carbocycles. The van der Waals surface area contributed by atoms with Gasteiger partial charge in [0.1, 0.15) is 5.56 Å². The Morgan fingerprint density at radius 1 is 1.29 bits per heavy atom. The summed E-state index contributed by atoms with van der Waals surface area (Å²) >= 11 is 0. The zero-order valence-corrected chi connectivity index (χ0v) is 11.8. The van der Waals surface area contributed by atoms with Crippen LogP contribution in [0, 0.1) is 0 Å². The number of nitrogens with zero attached hydrogens (tertiary/aromatic N) is 4. The first kappa shape index (κ1) is 14.8. The average Bonchev–Trinajstić information content (AvgIpc) is 2.96. The highest BCUT2D eigenvalue weighted by atomic mass is 16.3. The number of rotatable bonds is 5. The molecule has 2 aromatic rings. The van der Waals surface area contributed by atoms with Crippen molar-refractivity contribution in [3.63, 3.8) is 0 Å². The van der Waals surface area contributed by atoms with Crippen LogP contribution in [-0.4, -0.2) is 29.6 Å². The summed E-state index contributed by atoms with van der Waals surface area (Å²) in [7, 11) is 2.58. The van der Waals surface area contributed by atoms with Crippen LogP contribution in [0.2, 0.25) is 0 Å². The average molecular weight is 292 g/mol. The van der Waals surface area contributed by atoms with Gasteiger partial charge in [0, 0.05) is 39.5 Å². The molecule has 2 aromatic heterocycles. The normalized spacial score (nSPS) is 10.8. The smallest absolute Gasteiger partial charge is 0.333 e. The molecule has 0 spiro atoms. The third-order valence-electron chi connectivity index (χ3n) is 3.29. The quantitative estimate of drug-likeness (QED) is 0.759. The van der Waals surface area contributed by atoms with Crippen LogP contribution in [0.25, 0.3) is 0 Å². The highest BCUT2D eigenvalue weighted by Crippen LogP contribution is 2.12. The van der Waals surface area contributed by atoms with Crippen molar-refractivity contribution >= 4 is 5.78 Å². The molecular formula is C13H16N4O4.